The van der Waals surface area contributed by atoms with E-state index in [9.17, 15) is 13.2 Å². The van der Waals surface area contributed by atoms with Crippen LogP contribution in [0.15, 0.2) is 29.2 Å². The van der Waals surface area contributed by atoms with Gasteiger partial charge in [0.2, 0.25) is 5.91 Å². The topological polar surface area (TPSA) is 63.2 Å². The van der Waals surface area contributed by atoms with E-state index in [-0.39, 0.29) is 23.3 Å². The van der Waals surface area contributed by atoms with Crippen LogP contribution in [0.2, 0.25) is 5.02 Å². The van der Waals surface area contributed by atoms with Crippen molar-refractivity contribution < 1.29 is 13.2 Å². The van der Waals surface area contributed by atoms with Crippen LogP contribution < -0.4 is 5.32 Å². The van der Waals surface area contributed by atoms with Crippen LogP contribution in [0.25, 0.3) is 0 Å². The van der Waals surface area contributed by atoms with Crippen molar-refractivity contribution >= 4 is 39.1 Å². The minimum atomic E-state index is -3.00. The lowest BCUT2D eigenvalue weighted by Crippen LogP contribution is -2.32. The molecule has 1 N–H and O–H groups in total. The number of amides is 1. The predicted octanol–water partition coefficient (Wildman–Crippen LogP) is 1.98. The van der Waals surface area contributed by atoms with Crippen LogP contribution >= 0.6 is 23.4 Å². The predicted molar refractivity (Wildman–Crippen MR) is 81.9 cm³/mol. The molecule has 20 heavy (non-hydrogen) atoms. The number of hydrogen-bond donors (Lipinski definition) is 1. The first-order valence-electron chi connectivity index (χ1n) is 6.33. The summed E-state index contributed by atoms with van der Waals surface area (Å²) in [6, 6.07) is 7.51. The summed E-state index contributed by atoms with van der Waals surface area (Å²) in [6.07, 6.45) is 0.443. The molecule has 1 amide bonds. The summed E-state index contributed by atoms with van der Waals surface area (Å²) in [7, 11) is -3.00. The van der Waals surface area contributed by atoms with Crippen LogP contribution in [-0.2, 0) is 14.6 Å². The van der Waals surface area contributed by atoms with Gasteiger partial charge in [-0.3, -0.25) is 4.79 Å². The maximum Gasteiger partial charge on any atom is 0.224 e. The quantitative estimate of drug-likeness (QED) is 0.661. The molecular formula is C13H16ClNO3S2. The summed E-state index contributed by atoms with van der Waals surface area (Å²) < 4.78 is 22.6. The van der Waals surface area contributed by atoms with Crippen molar-refractivity contribution in [2.24, 2.45) is 5.92 Å². The Bertz CT molecular complexity index is 572. The van der Waals surface area contributed by atoms with Crippen LogP contribution in [0.3, 0.4) is 0 Å². The largest absolute Gasteiger partial charge is 0.355 e. The molecule has 1 fully saturated rings. The Morgan fingerprint density at radius 2 is 2.05 bits per heavy atom. The molecular weight excluding hydrogens is 318 g/mol. The van der Waals surface area contributed by atoms with Gasteiger partial charge < -0.3 is 5.32 Å². The third kappa shape index (κ3) is 4.68. The molecule has 1 heterocycles. The van der Waals surface area contributed by atoms with E-state index in [4.69, 9.17) is 11.6 Å². The molecule has 1 aliphatic rings. The minimum absolute atomic E-state index is 0.0108. The highest BCUT2D eigenvalue weighted by Crippen LogP contribution is 2.20. The van der Waals surface area contributed by atoms with Gasteiger partial charge in [-0.05, 0) is 30.7 Å². The second-order valence-electron chi connectivity index (χ2n) is 4.69. The van der Waals surface area contributed by atoms with Crippen molar-refractivity contribution in [1.82, 2.24) is 5.32 Å². The molecule has 2 rings (SSSR count). The van der Waals surface area contributed by atoms with E-state index in [2.05, 4.69) is 5.32 Å². The highest BCUT2D eigenvalue weighted by molar-refractivity contribution is 7.99. The van der Waals surface area contributed by atoms with Gasteiger partial charge in [-0.25, -0.2) is 8.42 Å². The Morgan fingerprint density at radius 3 is 2.65 bits per heavy atom. The van der Waals surface area contributed by atoms with Gasteiger partial charge in [0.15, 0.2) is 9.84 Å². The fourth-order valence-electron chi connectivity index (χ4n) is 2.02. The molecule has 1 aromatic carbocycles. The monoisotopic (exact) mass is 333 g/mol. The van der Waals surface area contributed by atoms with E-state index in [0.717, 1.165) is 10.6 Å². The van der Waals surface area contributed by atoms with E-state index >= 15 is 0 Å². The van der Waals surface area contributed by atoms with Crippen LogP contribution in [0, 0.1) is 5.92 Å². The second-order valence-corrected chi connectivity index (χ2v) is 8.53. The molecule has 110 valence electrons. The maximum absolute atomic E-state index is 11.8. The standard InChI is InChI=1S/C13H16ClNO3S2/c14-11-1-3-12(4-2-11)19-7-6-15-13(16)10-5-8-20(17,18)9-10/h1-4,10H,5-9H2,(H,15,16). The molecule has 1 aromatic rings. The first-order valence-corrected chi connectivity index (χ1v) is 9.51. The van der Waals surface area contributed by atoms with Gasteiger partial charge in [-0.1, -0.05) is 11.6 Å². The first kappa shape index (κ1) is 15.7. The Balaban J connectivity index is 1.68. The van der Waals surface area contributed by atoms with Crippen molar-refractivity contribution in [2.45, 2.75) is 11.3 Å². The van der Waals surface area contributed by atoms with Gasteiger partial charge >= 0.3 is 0 Å². The van der Waals surface area contributed by atoms with Crippen LogP contribution in [0.1, 0.15) is 6.42 Å². The number of sulfone groups is 1. The zero-order valence-corrected chi connectivity index (χ0v) is 13.2. The van der Waals surface area contributed by atoms with Gasteiger partial charge in [-0.2, -0.15) is 0 Å². The fourth-order valence-corrected chi connectivity index (χ4v) is 4.66. The van der Waals surface area contributed by atoms with E-state index in [1.807, 2.05) is 24.3 Å². The van der Waals surface area contributed by atoms with E-state index < -0.39 is 9.84 Å². The number of benzene rings is 1. The molecule has 0 spiro atoms. The number of carbonyl (C=O) groups excluding carboxylic acids is 1. The van der Waals surface area contributed by atoms with Gasteiger partial charge in [0.1, 0.15) is 0 Å². The molecule has 0 aromatic heterocycles. The van der Waals surface area contributed by atoms with Crippen molar-refractivity contribution in [2.75, 3.05) is 23.8 Å². The van der Waals surface area contributed by atoms with Crippen molar-refractivity contribution in [3.63, 3.8) is 0 Å². The number of hydrogen-bond acceptors (Lipinski definition) is 4. The average molecular weight is 334 g/mol. The van der Waals surface area contributed by atoms with E-state index in [1.165, 1.54) is 0 Å². The summed E-state index contributed by atoms with van der Waals surface area (Å²) in [6.45, 7) is 0.530. The number of rotatable bonds is 5. The van der Waals surface area contributed by atoms with Gasteiger partial charge in [0, 0.05) is 22.2 Å². The zero-order chi connectivity index (χ0) is 14.6. The normalized spacial score (nSPS) is 20.8. The van der Waals surface area contributed by atoms with Crippen molar-refractivity contribution in [1.29, 1.82) is 0 Å². The van der Waals surface area contributed by atoms with Crippen molar-refractivity contribution in [3.8, 4) is 0 Å². The lowest BCUT2D eigenvalue weighted by molar-refractivity contribution is -0.124. The number of nitrogens with one attached hydrogen (secondary N) is 1. The maximum atomic E-state index is 11.8. The molecule has 1 unspecified atom stereocenters. The molecule has 0 saturated carbocycles. The number of thioether (sulfide) groups is 1. The SMILES string of the molecule is O=C(NCCSc1ccc(Cl)cc1)C1CCS(=O)(=O)C1. The Kier molecular flexibility index (Phi) is 5.35. The van der Waals surface area contributed by atoms with E-state index in [0.29, 0.717) is 18.0 Å². The van der Waals surface area contributed by atoms with Crippen LogP contribution in [-0.4, -0.2) is 38.1 Å². The van der Waals surface area contributed by atoms with Gasteiger partial charge in [-0.15, -0.1) is 11.8 Å². The summed E-state index contributed by atoms with van der Waals surface area (Å²) in [4.78, 5) is 12.9. The molecule has 1 saturated heterocycles. The molecule has 4 nitrogen and oxygen atoms in total. The zero-order valence-electron chi connectivity index (χ0n) is 10.8. The van der Waals surface area contributed by atoms with Crippen LogP contribution in [0.4, 0.5) is 0 Å². The lowest BCUT2D eigenvalue weighted by atomic mass is 10.1. The Morgan fingerprint density at radius 1 is 1.35 bits per heavy atom. The smallest absolute Gasteiger partial charge is 0.224 e. The van der Waals surface area contributed by atoms with Gasteiger partial charge in [0.05, 0.1) is 17.4 Å². The Hall–Kier alpha value is -0.720. The average Bonchev–Trinajstić information content (AvgIpc) is 2.77. The molecule has 7 heteroatoms. The summed E-state index contributed by atoms with van der Waals surface area (Å²) in [5.41, 5.74) is 0. The molecule has 0 bridgehead atoms. The highest BCUT2D eigenvalue weighted by Gasteiger charge is 2.32. The van der Waals surface area contributed by atoms with Gasteiger partial charge in [0.25, 0.3) is 0 Å². The third-order valence-corrected chi connectivity index (χ3v) is 6.12. The molecule has 1 atom stereocenters. The summed E-state index contributed by atoms with van der Waals surface area (Å²) >= 11 is 7.42. The van der Waals surface area contributed by atoms with Crippen molar-refractivity contribution in [3.05, 3.63) is 29.3 Å². The molecule has 0 aliphatic carbocycles. The fraction of sp³-hybridized carbons (Fsp3) is 0.462. The summed E-state index contributed by atoms with van der Waals surface area (Å²) in [5, 5.41) is 3.49. The highest BCUT2D eigenvalue weighted by atomic mass is 35.5. The number of halogens is 1. The van der Waals surface area contributed by atoms with E-state index in [1.54, 1.807) is 11.8 Å². The number of carbonyl (C=O) groups is 1. The third-order valence-electron chi connectivity index (χ3n) is 3.09. The Labute approximate surface area is 128 Å². The molecule has 1 aliphatic heterocycles. The second kappa shape index (κ2) is 6.83. The minimum Gasteiger partial charge on any atom is -0.355 e. The van der Waals surface area contributed by atoms with Crippen LogP contribution in [0.5, 0.6) is 0 Å². The molecule has 0 radical (unpaired) electrons. The first-order chi connectivity index (χ1) is 9.46. The summed E-state index contributed by atoms with van der Waals surface area (Å²) in [5.74, 6) is 0.337. The lowest BCUT2D eigenvalue weighted by Gasteiger charge is -2.09.